The molecular formula is C29H26ClF2N5O. The van der Waals surface area contributed by atoms with E-state index in [1.54, 1.807) is 6.07 Å². The molecule has 0 radical (unpaired) electrons. The van der Waals surface area contributed by atoms with Crippen LogP contribution < -0.4 is 5.73 Å². The van der Waals surface area contributed by atoms with Crippen molar-refractivity contribution in [3.63, 3.8) is 0 Å². The molecule has 38 heavy (non-hydrogen) atoms. The zero-order chi connectivity index (χ0) is 27.0. The van der Waals surface area contributed by atoms with Gasteiger partial charge in [-0.25, -0.2) is 8.78 Å². The van der Waals surface area contributed by atoms with Crippen molar-refractivity contribution in [2.24, 2.45) is 5.92 Å². The summed E-state index contributed by atoms with van der Waals surface area (Å²) in [7, 11) is 0. The molecule has 0 amide bonds. The molecule has 0 bridgehead atoms. The van der Waals surface area contributed by atoms with Gasteiger partial charge in [0.15, 0.2) is 0 Å². The van der Waals surface area contributed by atoms with Gasteiger partial charge in [-0.05, 0) is 72.9 Å². The first-order valence-corrected chi connectivity index (χ1v) is 12.6. The molecule has 1 aliphatic rings. The van der Waals surface area contributed by atoms with Gasteiger partial charge in [0.1, 0.15) is 11.5 Å². The van der Waals surface area contributed by atoms with Gasteiger partial charge in [0, 0.05) is 29.6 Å². The smallest absolute Gasteiger partial charge is 0.313 e. The van der Waals surface area contributed by atoms with E-state index in [0.717, 1.165) is 22.8 Å². The third-order valence-electron chi connectivity index (χ3n) is 7.03. The SMILES string of the molecule is CC(C)(F)[C@H](c1cc(F)cc(C#N)c1)C1CN([C@@H](c2ccc(Cl)cc2)c2ccccc2-c2nnc(N)o2)C1. The van der Waals surface area contributed by atoms with Crippen molar-refractivity contribution in [3.8, 4) is 17.5 Å². The molecule has 4 aromatic rings. The van der Waals surface area contributed by atoms with Crippen molar-refractivity contribution >= 4 is 17.6 Å². The number of hydrogen-bond donors (Lipinski definition) is 1. The van der Waals surface area contributed by atoms with E-state index in [0.29, 0.717) is 29.6 Å². The lowest BCUT2D eigenvalue weighted by Crippen LogP contribution is -2.53. The first-order chi connectivity index (χ1) is 18.1. The maximum absolute atomic E-state index is 15.6. The minimum absolute atomic E-state index is 0.0262. The quantitative estimate of drug-likeness (QED) is 0.290. The zero-order valence-electron chi connectivity index (χ0n) is 20.9. The Morgan fingerprint density at radius 3 is 2.42 bits per heavy atom. The van der Waals surface area contributed by atoms with Crippen LogP contribution in [0.4, 0.5) is 14.8 Å². The number of nitrogens with zero attached hydrogens (tertiary/aromatic N) is 4. The highest BCUT2D eigenvalue weighted by Crippen LogP contribution is 2.46. The lowest BCUT2D eigenvalue weighted by atomic mass is 9.72. The molecule has 3 aromatic carbocycles. The second-order valence-electron chi connectivity index (χ2n) is 10.1. The number of rotatable bonds is 7. The highest BCUT2D eigenvalue weighted by atomic mass is 35.5. The first kappa shape index (κ1) is 25.8. The summed E-state index contributed by atoms with van der Waals surface area (Å²) in [5.41, 5.74) is 7.38. The predicted molar refractivity (Wildman–Crippen MR) is 142 cm³/mol. The molecule has 0 unspecified atom stereocenters. The van der Waals surface area contributed by atoms with Crippen molar-refractivity contribution in [1.82, 2.24) is 15.1 Å². The van der Waals surface area contributed by atoms with Crippen molar-refractivity contribution in [2.45, 2.75) is 31.5 Å². The van der Waals surface area contributed by atoms with Crippen LogP contribution in [0, 0.1) is 23.1 Å². The normalized spacial score (nSPS) is 16.0. The Bertz CT molecular complexity index is 1490. The lowest BCUT2D eigenvalue weighted by Gasteiger charge is -2.50. The minimum atomic E-state index is -1.63. The summed E-state index contributed by atoms with van der Waals surface area (Å²) in [5, 5.41) is 17.8. The second-order valence-corrected chi connectivity index (χ2v) is 10.6. The highest BCUT2D eigenvalue weighted by molar-refractivity contribution is 6.30. The number of aromatic nitrogens is 2. The summed E-state index contributed by atoms with van der Waals surface area (Å²) in [6.07, 6.45) is 0. The van der Waals surface area contributed by atoms with Crippen LogP contribution in [0.15, 0.2) is 71.1 Å². The Kier molecular flexibility index (Phi) is 6.91. The van der Waals surface area contributed by atoms with Crippen LogP contribution in [0.25, 0.3) is 11.5 Å². The van der Waals surface area contributed by atoms with E-state index in [-0.39, 0.29) is 23.5 Å². The van der Waals surface area contributed by atoms with Gasteiger partial charge < -0.3 is 10.2 Å². The molecule has 2 heterocycles. The van der Waals surface area contributed by atoms with Crippen LogP contribution in [0.2, 0.25) is 5.02 Å². The molecule has 1 saturated heterocycles. The van der Waals surface area contributed by atoms with Crippen LogP contribution in [0.5, 0.6) is 0 Å². The van der Waals surface area contributed by atoms with Crippen LogP contribution in [-0.4, -0.2) is 33.9 Å². The summed E-state index contributed by atoms with van der Waals surface area (Å²) in [6, 6.07) is 21.1. The molecule has 2 N–H and O–H groups in total. The number of likely N-dealkylation sites (tertiary alicyclic amines) is 1. The van der Waals surface area contributed by atoms with Gasteiger partial charge in [0.2, 0.25) is 5.89 Å². The Hall–Kier alpha value is -3.80. The van der Waals surface area contributed by atoms with Gasteiger partial charge in [-0.15, -0.1) is 5.10 Å². The standard InChI is InChI=1S/C29H26ClF2N5O/c1-29(2,32)25(19-11-17(14-33)12-22(31)13-19)20-15-37(16-20)26(18-7-9-21(30)10-8-18)23-5-3-4-6-24(23)27-35-36-28(34)38-27/h3-13,20,25-26H,15-16H2,1-2H3,(H2,34,36)/t25-,26+/m1/s1. The summed E-state index contributed by atoms with van der Waals surface area (Å²) in [4.78, 5) is 2.23. The van der Waals surface area contributed by atoms with E-state index >= 15 is 4.39 Å². The van der Waals surface area contributed by atoms with Gasteiger partial charge >= 0.3 is 6.01 Å². The largest absolute Gasteiger partial charge is 0.404 e. The van der Waals surface area contributed by atoms with Gasteiger partial charge in [0.05, 0.1) is 17.7 Å². The molecule has 1 aliphatic heterocycles. The number of halogens is 3. The van der Waals surface area contributed by atoms with Crippen LogP contribution in [0.1, 0.15) is 48.1 Å². The maximum Gasteiger partial charge on any atom is 0.313 e. The molecule has 0 aliphatic carbocycles. The van der Waals surface area contributed by atoms with E-state index in [1.807, 2.05) is 54.6 Å². The fourth-order valence-corrected chi connectivity index (χ4v) is 5.69. The number of hydrogen-bond acceptors (Lipinski definition) is 6. The summed E-state index contributed by atoms with van der Waals surface area (Å²) in [5.74, 6) is -0.945. The van der Waals surface area contributed by atoms with Crippen LogP contribution in [-0.2, 0) is 0 Å². The number of nitriles is 1. The van der Waals surface area contributed by atoms with E-state index in [9.17, 15) is 9.65 Å². The Balaban J connectivity index is 1.52. The molecule has 1 aromatic heterocycles. The van der Waals surface area contributed by atoms with E-state index in [1.165, 1.54) is 19.9 Å². The van der Waals surface area contributed by atoms with Gasteiger partial charge in [-0.1, -0.05) is 47.0 Å². The topological polar surface area (TPSA) is 92.0 Å². The molecule has 2 atom stereocenters. The number of nitrogen functional groups attached to an aromatic ring is 1. The third-order valence-corrected chi connectivity index (χ3v) is 7.29. The Morgan fingerprint density at radius 2 is 1.79 bits per heavy atom. The number of alkyl halides is 1. The van der Waals surface area contributed by atoms with E-state index in [4.69, 9.17) is 21.8 Å². The zero-order valence-corrected chi connectivity index (χ0v) is 21.7. The van der Waals surface area contributed by atoms with Crippen molar-refractivity contribution in [2.75, 3.05) is 18.8 Å². The van der Waals surface area contributed by atoms with Crippen LogP contribution >= 0.6 is 11.6 Å². The predicted octanol–water partition coefficient (Wildman–Crippen LogP) is 6.54. The number of benzene rings is 3. The first-order valence-electron chi connectivity index (χ1n) is 12.2. The fraction of sp³-hybridized carbons (Fsp3) is 0.276. The van der Waals surface area contributed by atoms with Crippen molar-refractivity contribution < 1.29 is 13.2 Å². The average molecular weight is 534 g/mol. The van der Waals surface area contributed by atoms with E-state index in [2.05, 4.69) is 15.1 Å². The third kappa shape index (κ3) is 5.13. The number of anilines is 1. The van der Waals surface area contributed by atoms with Gasteiger partial charge in [0.25, 0.3) is 0 Å². The molecule has 0 saturated carbocycles. The minimum Gasteiger partial charge on any atom is -0.404 e. The van der Waals surface area contributed by atoms with Gasteiger partial charge in [-0.3, -0.25) is 4.90 Å². The molecule has 9 heteroatoms. The van der Waals surface area contributed by atoms with E-state index < -0.39 is 17.4 Å². The summed E-state index contributed by atoms with van der Waals surface area (Å²) >= 11 is 6.18. The monoisotopic (exact) mass is 533 g/mol. The molecule has 194 valence electrons. The molecule has 0 spiro atoms. The average Bonchev–Trinajstić information content (AvgIpc) is 3.28. The summed E-state index contributed by atoms with van der Waals surface area (Å²) in [6.45, 7) is 4.10. The highest BCUT2D eigenvalue weighted by Gasteiger charge is 2.45. The van der Waals surface area contributed by atoms with Gasteiger partial charge in [-0.2, -0.15) is 5.26 Å². The molecule has 5 rings (SSSR count). The fourth-order valence-electron chi connectivity index (χ4n) is 5.56. The lowest BCUT2D eigenvalue weighted by molar-refractivity contribution is 0.00821. The second kappa shape index (κ2) is 10.2. The molecule has 1 fully saturated rings. The van der Waals surface area contributed by atoms with Crippen LogP contribution in [0.3, 0.4) is 0 Å². The maximum atomic E-state index is 15.6. The Labute approximate surface area is 224 Å². The molecule has 6 nitrogen and oxygen atoms in total. The molecular weight excluding hydrogens is 508 g/mol. The Morgan fingerprint density at radius 1 is 1.08 bits per heavy atom. The summed E-state index contributed by atoms with van der Waals surface area (Å²) < 4.78 is 35.5. The van der Waals surface area contributed by atoms with Crippen molar-refractivity contribution in [1.29, 1.82) is 5.26 Å². The number of nitrogens with two attached hydrogens (primary N) is 1. The van der Waals surface area contributed by atoms with Crippen molar-refractivity contribution in [3.05, 3.63) is 99.8 Å².